The normalized spacial score (nSPS) is 23.9. The fourth-order valence-corrected chi connectivity index (χ4v) is 11.2. The van der Waals surface area contributed by atoms with Gasteiger partial charge in [-0.1, -0.05) is 64.2 Å². The lowest BCUT2D eigenvalue weighted by molar-refractivity contribution is -0.151. The minimum atomic E-state index is -1.37. The average molecular weight is 285 g/mol. The van der Waals surface area contributed by atoms with E-state index in [2.05, 4.69) is 41.5 Å². The van der Waals surface area contributed by atoms with Crippen LogP contribution in [0.15, 0.2) is 0 Å². The zero-order valence-electron chi connectivity index (χ0n) is 13.8. The van der Waals surface area contributed by atoms with Crippen molar-refractivity contribution in [1.29, 1.82) is 0 Å². The summed E-state index contributed by atoms with van der Waals surface area (Å²) in [4.78, 5) is 11.8. The molecule has 1 saturated carbocycles. The number of hydrogen-bond acceptors (Lipinski definition) is 2. The first-order valence-electron chi connectivity index (χ1n) is 7.85. The number of esters is 1. The van der Waals surface area contributed by atoms with Gasteiger partial charge in [-0.2, -0.15) is 0 Å². The first-order valence-corrected chi connectivity index (χ1v) is 10.3. The maximum Gasteiger partial charge on any atom is 0.308 e. The molecule has 2 atom stereocenters. The van der Waals surface area contributed by atoms with Crippen LogP contribution in [0, 0.1) is 11.8 Å². The fraction of sp³-hybridized carbons (Fsp3) is 0.938. The van der Waals surface area contributed by atoms with Crippen molar-refractivity contribution >= 4 is 14.0 Å². The summed E-state index contributed by atoms with van der Waals surface area (Å²) in [5.74, 6) is 0.801. The van der Waals surface area contributed by atoms with Crippen LogP contribution < -0.4 is 0 Å². The molecule has 0 N–H and O–H groups in total. The highest BCUT2D eigenvalue weighted by Gasteiger charge is 2.48. The highest BCUT2D eigenvalue weighted by molar-refractivity contribution is 6.83. The standard InChI is InChI=1S/C16H32O2Si/c1-11(2)19(12(3)4,13(5)6)10-14-8-9-15(14)16(17)18-7/h11-15H,8-10H2,1-7H3/t14-,15?/m0/s1. The lowest BCUT2D eigenvalue weighted by Gasteiger charge is -2.48. The average Bonchev–Trinajstić information content (AvgIpc) is 2.26. The Morgan fingerprint density at radius 3 is 1.79 bits per heavy atom. The molecule has 19 heavy (non-hydrogen) atoms. The van der Waals surface area contributed by atoms with Gasteiger partial charge < -0.3 is 4.74 Å². The van der Waals surface area contributed by atoms with Gasteiger partial charge in [0, 0.05) is 0 Å². The molecule has 0 aromatic heterocycles. The first kappa shape index (κ1) is 16.7. The molecule has 0 bridgehead atoms. The Bertz CT molecular complexity index is 288. The third-order valence-electron chi connectivity index (χ3n) is 5.76. The molecule has 0 saturated heterocycles. The number of ether oxygens (including phenoxy) is 1. The van der Waals surface area contributed by atoms with Crippen LogP contribution in [-0.4, -0.2) is 21.2 Å². The van der Waals surface area contributed by atoms with E-state index >= 15 is 0 Å². The van der Waals surface area contributed by atoms with Gasteiger partial charge in [0.2, 0.25) is 0 Å². The van der Waals surface area contributed by atoms with E-state index in [-0.39, 0.29) is 11.9 Å². The van der Waals surface area contributed by atoms with Crippen molar-refractivity contribution in [2.24, 2.45) is 11.8 Å². The van der Waals surface area contributed by atoms with Crippen molar-refractivity contribution in [1.82, 2.24) is 0 Å². The van der Waals surface area contributed by atoms with Crippen molar-refractivity contribution in [2.45, 2.75) is 77.1 Å². The number of carbonyl (C=O) groups excluding carboxylic acids is 1. The molecule has 1 fully saturated rings. The van der Waals surface area contributed by atoms with E-state index in [4.69, 9.17) is 4.74 Å². The maximum absolute atomic E-state index is 11.8. The Labute approximate surface area is 120 Å². The topological polar surface area (TPSA) is 26.3 Å². The summed E-state index contributed by atoms with van der Waals surface area (Å²) in [5.41, 5.74) is 2.35. The van der Waals surface area contributed by atoms with E-state index in [0.717, 1.165) is 23.0 Å². The molecule has 0 spiro atoms. The summed E-state index contributed by atoms with van der Waals surface area (Å²) in [6.45, 7) is 14.4. The van der Waals surface area contributed by atoms with Gasteiger partial charge >= 0.3 is 5.97 Å². The zero-order valence-corrected chi connectivity index (χ0v) is 14.8. The van der Waals surface area contributed by atoms with Crippen LogP contribution in [0.4, 0.5) is 0 Å². The fourth-order valence-electron chi connectivity index (χ4n) is 4.44. The van der Waals surface area contributed by atoms with Crippen molar-refractivity contribution in [3.63, 3.8) is 0 Å². The summed E-state index contributed by atoms with van der Waals surface area (Å²) in [6.07, 6.45) is 2.26. The van der Waals surface area contributed by atoms with Crippen LogP contribution in [0.2, 0.25) is 22.7 Å². The molecule has 2 nitrogen and oxygen atoms in total. The minimum Gasteiger partial charge on any atom is -0.469 e. The largest absolute Gasteiger partial charge is 0.469 e. The molecule has 1 rings (SSSR count). The molecule has 0 radical (unpaired) electrons. The monoisotopic (exact) mass is 284 g/mol. The second kappa shape index (κ2) is 6.42. The molecule has 1 aliphatic rings. The van der Waals surface area contributed by atoms with Gasteiger partial charge in [0.25, 0.3) is 0 Å². The van der Waals surface area contributed by atoms with E-state index in [0.29, 0.717) is 5.92 Å². The summed E-state index contributed by atoms with van der Waals surface area (Å²) in [6, 6.07) is 1.31. The third kappa shape index (κ3) is 3.06. The molecule has 0 aliphatic heterocycles. The Balaban J connectivity index is 2.87. The molecule has 1 unspecified atom stereocenters. The van der Waals surface area contributed by atoms with Gasteiger partial charge in [0.15, 0.2) is 0 Å². The Morgan fingerprint density at radius 1 is 1.05 bits per heavy atom. The summed E-state index contributed by atoms with van der Waals surface area (Å²) < 4.78 is 4.96. The number of rotatable bonds is 6. The zero-order chi connectivity index (χ0) is 14.8. The third-order valence-corrected chi connectivity index (χ3v) is 13.4. The van der Waals surface area contributed by atoms with Gasteiger partial charge in [-0.3, -0.25) is 4.79 Å². The van der Waals surface area contributed by atoms with Crippen LogP contribution in [0.25, 0.3) is 0 Å². The lowest BCUT2D eigenvalue weighted by atomic mass is 9.75. The Morgan fingerprint density at radius 2 is 1.53 bits per heavy atom. The van der Waals surface area contributed by atoms with Crippen LogP contribution in [0.5, 0.6) is 0 Å². The van der Waals surface area contributed by atoms with Gasteiger partial charge in [-0.25, -0.2) is 0 Å². The molecule has 1 aliphatic carbocycles. The summed E-state index contributed by atoms with van der Waals surface area (Å²) >= 11 is 0. The van der Waals surface area contributed by atoms with Gasteiger partial charge in [0.1, 0.15) is 0 Å². The Kier molecular flexibility index (Phi) is 5.66. The second-order valence-corrected chi connectivity index (χ2v) is 13.3. The molecule has 0 aromatic rings. The van der Waals surface area contributed by atoms with Crippen LogP contribution in [0.3, 0.4) is 0 Å². The van der Waals surface area contributed by atoms with Crippen molar-refractivity contribution in [3.05, 3.63) is 0 Å². The first-order chi connectivity index (χ1) is 8.77. The van der Waals surface area contributed by atoms with Crippen molar-refractivity contribution < 1.29 is 9.53 Å². The van der Waals surface area contributed by atoms with Crippen LogP contribution in [0.1, 0.15) is 54.4 Å². The van der Waals surface area contributed by atoms with Crippen LogP contribution in [-0.2, 0) is 9.53 Å². The predicted octanol–water partition coefficient (Wildman–Crippen LogP) is 4.86. The SMILES string of the molecule is COC(=O)C1CC[C@H]1C[Si](C(C)C)(C(C)C)C(C)C. The molecular formula is C16H32O2Si. The van der Waals surface area contributed by atoms with Gasteiger partial charge in [-0.05, 0) is 18.8 Å². The molecule has 0 aromatic carbocycles. The quantitative estimate of drug-likeness (QED) is 0.514. The highest BCUT2D eigenvalue weighted by atomic mass is 28.3. The molecule has 0 heterocycles. The van der Waals surface area contributed by atoms with E-state index in [1.165, 1.54) is 19.6 Å². The molecule has 112 valence electrons. The van der Waals surface area contributed by atoms with Crippen molar-refractivity contribution in [2.75, 3.05) is 7.11 Å². The predicted molar refractivity (Wildman–Crippen MR) is 84.1 cm³/mol. The van der Waals surface area contributed by atoms with Gasteiger partial charge in [0.05, 0.1) is 21.1 Å². The summed E-state index contributed by atoms with van der Waals surface area (Å²) in [5, 5.41) is 0. The molecular weight excluding hydrogens is 252 g/mol. The number of hydrogen-bond donors (Lipinski definition) is 0. The maximum atomic E-state index is 11.8. The van der Waals surface area contributed by atoms with E-state index in [1.54, 1.807) is 0 Å². The van der Waals surface area contributed by atoms with Gasteiger partial charge in [-0.15, -0.1) is 0 Å². The summed E-state index contributed by atoms with van der Waals surface area (Å²) in [7, 11) is 0.155. The highest BCUT2D eigenvalue weighted by Crippen LogP contribution is 2.51. The molecule has 0 amide bonds. The van der Waals surface area contributed by atoms with Crippen LogP contribution >= 0.6 is 0 Å². The van der Waals surface area contributed by atoms with Crippen molar-refractivity contribution in [3.8, 4) is 0 Å². The minimum absolute atomic E-state index is 0.0235. The smallest absolute Gasteiger partial charge is 0.308 e. The number of methoxy groups -OCH3 is 1. The number of carbonyl (C=O) groups is 1. The lowest BCUT2D eigenvalue weighted by Crippen LogP contribution is -2.49. The van der Waals surface area contributed by atoms with E-state index < -0.39 is 8.07 Å². The second-order valence-electron chi connectivity index (χ2n) is 7.25. The van der Waals surface area contributed by atoms with E-state index in [1.807, 2.05) is 0 Å². The molecule has 3 heteroatoms. The van der Waals surface area contributed by atoms with E-state index in [9.17, 15) is 4.79 Å². The Hall–Kier alpha value is -0.313.